The first kappa shape index (κ1) is 15.8. The highest BCUT2D eigenvalue weighted by Crippen LogP contribution is 2.30. The van der Waals surface area contributed by atoms with Crippen LogP contribution < -0.4 is 11.5 Å². The Morgan fingerprint density at radius 1 is 1.33 bits per heavy atom. The molecular weight excluding hydrogens is 288 g/mol. The van der Waals surface area contributed by atoms with Gasteiger partial charge in [-0.05, 0) is 36.5 Å². The molecule has 2 atom stereocenters. The van der Waals surface area contributed by atoms with Crippen molar-refractivity contribution in [2.24, 2.45) is 11.7 Å². The van der Waals surface area contributed by atoms with E-state index in [2.05, 4.69) is 6.92 Å². The van der Waals surface area contributed by atoms with Crippen molar-refractivity contribution >= 4 is 21.4 Å². The molecule has 1 saturated carbocycles. The fourth-order valence-electron chi connectivity index (χ4n) is 2.92. The molecule has 1 aliphatic carbocycles. The molecule has 0 aliphatic heterocycles. The maximum absolute atomic E-state index is 12.5. The van der Waals surface area contributed by atoms with Gasteiger partial charge >= 0.3 is 0 Å². The van der Waals surface area contributed by atoms with Crippen molar-refractivity contribution < 1.29 is 13.2 Å². The molecule has 21 heavy (non-hydrogen) atoms. The number of primary amides is 1. The monoisotopic (exact) mass is 310 g/mol. The second kappa shape index (κ2) is 6.05. The summed E-state index contributed by atoms with van der Waals surface area (Å²) in [7, 11) is -3.22. The fraction of sp³-hybridized carbons (Fsp3) is 0.533. The predicted octanol–water partition coefficient (Wildman–Crippen LogP) is 1.86. The molecule has 1 aromatic rings. The van der Waals surface area contributed by atoms with E-state index in [1.807, 2.05) is 0 Å². The number of hydrogen-bond donors (Lipinski definition) is 2. The zero-order valence-electron chi connectivity index (χ0n) is 12.2. The number of amides is 1. The molecule has 0 aromatic heterocycles. The van der Waals surface area contributed by atoms with Crippen LogP contribution in [-0.2, 0) is 15.6 Å². The lowest BCUT2D eigenvalue weighted by Crippen LogP contribution is -2.28. The number of hydrogen-bond acceptors (Lipinski definition) is 4. The lowest BCUT2D eigenvalue weighted by atomic mass is 9.91. The Hall–Kier alpha value is -1.56. The van der Waals surface area contributed by atoms with Gasteiger partial charge in [0.1, 0.15) is 0 Å². The van der Waals surface area contributed by atoms with Gasteiger partial charge in [0.2, 0.25) is 5.91 Å². The Morgan fingerprint density at radius 3 is 2.62 bits per heavy atom. The lowest BCUT2D eigenvalue weighted by molar-refractivity contribution is 0.100. The molecule has 4 N–H and O–H groups in total. The van der Waals surface area contributed by atoms with Gasteiger partial charge in [0, 0.05) is 11.3 Å². The molecule has 2 unspecified atom stereocenters. The smallest absolute Gasteiger partial charge is 0.248 e. The van der Waals surface area contributed by atoms with E-state index in [1.54, 1.807) is 6.07 Å². The minimum atomic E-state index is -3.22. The van der Waals surface area contributed by atoms with E-state index in [9.17, 15) is 13.2 Å². The summed E-state index contributed by atoms with van der Waals surface area (Å²) in [6, 6.07) is 4.54. The fourth-order valence-corrected chi connectivity index (χ4v) is 5.00. The normalized spacial score (nSPS) is 22.9. The minimum Gasteiger partial charge on any atom is -0.398 e. The third kappa shape index (κ3) is 3.75. The molecule has 0 bridgehead atoms. The molecule has 6 heteroatoms. The molecule has 1 fully saturated rings. The van der Waals surface area contributed by atoms with Gasteiger partial charge in [-0.3, -0.25) is 4.79 Å². The van der Waals surface area contributed by atoms with E-state index < -0.39 is 15.7 Å². The Kier molecular flexibility index (Phi) is 4.56. The van der Waals surface area contributed by atoms with Crippen LogP contribution in [0.1, 0.15) is 48.5 Å². The van der Waals surface area contributed by atoms with Crippen molar-refractivity contribution in [3.05, 3.63) is 29.3 Å². The molecule has 0 spiro atoms. The molecule has 1 aromatic carbocycles. The summed E-state index contributed by atoms with van der Waals surface area (Å²) in [4.78, 5) is 11.1. The minimum absolute atomic E-state index is 0.0741. The Labute approximate surface area is 125 Å². The van der Waals surface area contributed by atoms with Crippen molar-refractivity contribution in [2.75, 3.05) is 5.73 Å². The van der Waals surface area contributed by atoms with Crippen LogP contribution in [0.25, 0.3) is 0 Å². The van der Waals surface area contributed by atoms with Crippen LogP contribution in [0.3, 0.4) is 0 Å². The number of nitrogen functional groups attached to an aromatic ring is 1. The largest absolute Gasteiger partial charge is 0.398 e. The van der Waals surface area contributed by atoms with E-state index >= 15 is 0 Å². The highest BCUT2D eigenvalue weighted by molar-refractivity contribution is 7.91. The Balaban J connectivity index is 2.18. The van der Waals surface area contributed by atoms with Crippen LogP contribution in [0.15, 0.2) is 18.2 Å². The molecule has 5 nitrogen and oxygen atoms in total. The van der Waals surface area contributed by atoms with Gasteiger partial charge in [-0.1, -0.05) is 25.8 Å². The van der Waals surface area contributed by atoms with Crippen molar-refractivity contribution in [3.63, 3.8) is 0 Å². The van der Waals surface area contributed by atoms with Crippen LogP contribution in [0.4, 0.5) is 5.69 Å². The molecule has 2 rings (SSSR count). The van der Waals surface area contributed by atoms with Crippen molar-refractivity contribution in [1.29, 1.82) is 0 Å². The maximum atomic E-state index is 12.5. The van der Waals surface area contributed by atoms with E-state index in [1.165, 1.54) is 12.1 Å². The lowest BCUT2D eigenvalue weighted by Gasteiger charge is -2.26. The van der Waals surface area contributed by atoms with Crippen LogP contribution >= 0.6 is 0 Å². The molecule has 1 amide bonds. The summed E-state index contributed by atoms with van der Waals surface area (Å²) in [6.45, 7) is 2.09. The molecule has 0 saturated heterocycles. The van der Waals surface area contributed by atoms with E-state index in [0.717, 1.165) is 25.7 Å². The number of anilines is 1. The topological polar surface area (TPSA) is 103 Å². The Bertz CT molecular complexity index is 640. The first-order valence-corrected chi connectivity index (χ1v) is 8.91. The maximum Gasteiger partial charge on any atom is 0.248 e. The summed E-state index contributed by atoms with van der Waals surface area (Å²) >= 11 is 0. The van der Waals surface area contributed by atoms with Gasteiger partial charge in [0.15, 0.2) is 9.84 Å². The number of carbonyl (C=O) groups is 1. The van der Waals surface area contributed by atoms with Crippen LogP contribution in [0.2, 0.25) is 0 Å². The SMILES string of the molecule is CC1CCCC(S(=O)(=O)Cc2ccc(C(N)=O)cc2N)C1. The zero-order valence-corrected chi connectivity index (χ0v) is 13.0. The standard InChI is InChI=1S/C15H22N2O3S/c1-10-3-2-4-13(7-10)21(19,20)9-12-6-5-11(15(17)18)8-14(12)16/h5-6,8,10,13H,2-4,7,9,16H2,1H3,(H2,17,18). The predicted molar refractivity (Wildman–Crippen MR) is 83.4 cm³/mol. The zero-order chi connectivity index (χ0) is 15.6. The molecule has 116 valence electrons. The van der Waals surface area contributed by atoms with Gasteiger partial charge in [-0.2, -0.15) is 0 Å². The van der Waals surface area contributed by atoms with E-state index in [-0.39, 0.29) is 11.0 Å². The third-order valence-electron chi connectivity index (χ3n) is 4.18. The summed E-state index contributed by atoms with van der Waals surface area (Å²) in [6.07, 6.45) is 3.51. The second-order valence-corrected chi connectivity index (χ2v) is 8.26. The number of sulfone groups is 1. The van der Waals surface area contributed by atoms with Gasteiger partial charge in [0.05, 0.1) is 11.0 Å². The van der Waals surface area contributed by atoms with Gasteiger partial charge in [-0.15, -0.1) is 0 Å². The van der Waals surface area contributed by atoms with Gasteiger partial charge in [-0.25, -0.2) is 8.42 Å². The summed E-state index contributed by atoms with van der Waals surface area (Å²) in [5, 5.41) is -0.281. The van der Waals surface area contributed by atoms with Crippen molar-refractivity contribution in [3.8, 4) is 0 Å². The first-order chi connectivity index (χ1) is 9.79. The van der Waals surface area contributed by atoms with Crippen LogP contribution in [-0.4, -0.2) is 19.6 Å². The van der Waals surface area contributed by atoms with Crippen molar-refractivity contribution in [2.45, 2.75) is 43.6 Å². The van der Waals surface area contributed by atoms with Crippen LogP contribution in [0, 0.1) is 5.92 Å². The van der Waals surface area contributed by atoms with Crippen LogP contribution in [0.5, 0.6) is 0 Å². The quantitative estimate of drug-likeness (QED) is 0.828. The Morgan fingerprint density at radius 2 is 2.05 bits per heavy atom. The average molecular weight is 310 g/mol. The third-order valence-corrected chi connectivity index (χ3v) is 6.34. The molecule has 0 radical (unpaired) electrons. The number of benzene rings is 1. The first-order valence-electron chi connectivity index (χ1n) is 7.19. The average Bonchev–Trinajstić information content (AvgIpc) is 2.40. The molecule has 0 heterocycles. The number of rotatable bonds is 4. The number of carbonyl (C=O) groups excluding carboxylic acids is 1. The molecular formula is C15H22N2O3S. The number of nitrogens with two attached hydrogens (primary N) is 2. The highest BCUT2D eigenvalue weighted by atomic mass is 32.2. The van der Waals surface area contributed by atoms with Gasteiger partial charge in [0.25, 0.3) is 0 Å². The van der Waals surface area contributed by atoms with Gasteiger partial charge < -0.3 is 11.5 Å². The second-order valence-electron chi connectivity index (χ2n) is 5.98. The van der Waals surface area contributed by atoms with E-state index in [4.69, 9.17) is 11.5 Å². The highest BCUT2D eigenvalue weighted by Gasteiger charge is 2.30. The summed E-state index contributed by atoms with van der Waals surface area (Å²) < 4.78 is 25.0. The van der Waals surface area contributed by atoms with Crippen molar-refractivity contribution in [1.82, 2.24) is 0 Å². The molecule has 1 aliphatic rings. The van der Waals surface area contributed by atoms with E-state index in [0.29, 0.717) is 22.7 Å². The summed E-state index contributed by atoms with van der Waals surface area (Å²) in [5.41, 5.74) is 12.2. The summed E-state index contributed by atoms with van der Waals surface area (Å²) in [5.74, 6) is -0.194.